The molecule has 0 atom stereocenters. The third-order valence-electron chi connectivity index (χ3n) is 7.95. The van der Waals surface area contributed by atoms with Gasteiger partial charge in [0.15, 0.2) is 0 Å². The number of ether oxygens (including phenoxy) is 1. The van der Waals surface area contributed by atoms with Gasteiger partial charge in [0.05, 0.1) is 11.7 Å². The van der Waals surface area contributed by atoms with Crippen LogP contribution in [0.4, 0.5) is 16.4 Å². The van der Waals surface area contributed by atoms with Gasteiger partial charge in [0.25, 0.3) is 0 Å². The molecule has 0 spiro atoms. The van der Waals surface area contributed by atoms with E-state index in [1.165, 1.54) is 11.1 Å². The number of fused-ring (bicyclic) bond motifs is 2. The van der Waals surface area contributed by atoms with E-state index in [1.54, 1.807) is 6.92 Å². The molecule has 2 aromatic rings. The molecule has 1 aliphatic heterocycles. The van der Waals surface area contributed by atoms with Crippen molar-refractivity contribution in [1.82, 2.24) is 9.63 Å². The third-order valence-corrected chi connectivity index (χ3v) is 9.50. The topological polar surface area (TPSA) is 128 Å². The van der Waals surface area contributed by atoms with Crippen molar-refractivity contribution in [3.05, 3.63) is 44.8 Å². The molecule has 0 radical (unpaired) electrons. The maximum Gasteiger partial charge on any atom is 0.326 e. The van der Waals surface area contributed by atoms with Crippen molar-refractivity contribution in [1.29, 1.82) is 0 Å². The lowest BCUT2D eigenvalue weighted by atomic mass is 9.99. The zero-order valence-electron chi connectivity index (χ0n) is 20.4. The van der Waals surface area contributed by atoms with E-state index < -0.39 is 26.8 Å². The number of aromatic nitrogens is 1. The lowest BCUT2D eigenvalue weighted by Crippen LogP contribution is -2.51. The fourth-order valence-electron chi connectivity index (χ4n) is 5.96. The Morgan fingerprint density at radius 2 is 1.69 bits per heavy atom. The largest absolute Gasteiger partial charge is 0.740 e. The van der Waals surface area contributed by atoms with Crippen LogP contribution in [0.3, 0.4) is 0 Å². The zero-order valence-corrected chi connectivity index (χ0v) is 21.2. The minimum absolute atomic E-state index is 0.0129. The number of urea groups is 1. The van der Waals surface area contributed by atoms with Gasteiger partial charge in [-0.1, -0.05) is 11.2 Å². The molecular weight excluding hydrogens is 484 g/mol. The number of hydrogen-bond donors (Lipinski definition) is 1. The molecule has 2 heterocycles. The van der Waals surface area contributed by atoms with Gasteiger partial charge in [-0.2, -0.15) is 8.42 Å². The van der Waals surface area contributed by atoms with Crippen LogP contribution in [-0.2, 0) is 40.6 Å². The quantitative estimate of drug-likeness (QED) is 0.574. The van der Waals surface area contributed by atoms with Gasteiger partial charge in [0.2, 0.25) is 5.88 Å². The maximum absolute atomic E-state index is 13.7. The average Bonchev–Trinajstić information content (AvgIpc) is 3.24. The van der Waals surface area contributed by atoms with Crippen LogP contribution in [0.25, 0.3) is 0 Å². The van der Waals surface area contributed by atoms with Crippen LogP contribution >= 0.6 is 0 Å². The van der Waals surface area contributed by atoms with Crippen LogP contribution in [0.5, 0.6) is 0 Å². The molecule has 1 saturated carbocycles. The minimum Gasteiger partial charge on any atom is -0.740 e. The van der Waals surface area contributed by atoms with Crippen LogP contribution in [0.1, 0.15) is 78.0 Å². The minimum atomic E-state index is -4.81. The summed E-state index contributed by atoms with van der Waals surface area (Å²) in [6.07, 6.45) is 8.13. The van der Waals surface area contributed by atoms with Gasteiger partial charge in [-0.05, 0) is 93.4 Å². The van der Waals surface area contributed by atoms with Gasteiger partial charge < -0.3 is 19.8 Å². The molecule has 2 amide bonds. The molecule has 1 aromatic heterocycles. The Balaban J connectivity index is 1.33. The van der Waals surface area contributed by atoms with Crippen LogP contribution in [0.2, 0.25) is 0 Å². The second-order valence-electron chi connectivity index (χ2n) is 10.3. The zero-order chi connectivity index (χ0) is 25.0. The van der Waals surface area contributed by atoms with Gasteiger partial charge in [-0.15, -0.1) is 0 Å². The van der Waals surface area contributed by atoms with E-state index in [0.29, 0.717) is 37.3 Å². The van der Waals surface area contributed by atoms with Gasteiger partial charge in [-0.25, -0.2) is 9.10 Å². The van der Waals surface area contributed by atoms with Crippen LogP contribution in [-0.4, -0.2) is 43.3 Å². The Morgan fingerprint density at radius 3 is 2.31 bits per heavy atom. The van der Waals surface area contributed by atoms with Crippen molar-refractivity contribution >= 4 is 27.8 Å². The first-order chi connectivity index (χ1) is 17.4. The molecule has 6 rings (SSSR count). The van der Waals surface area contributed by atoms with E-state index in [0.717, 1.165) is 72.5 Å². The predicted molar refractivity (Wildman–Crippen MR) is 133 cm³/mol. The number of rotatable bonds is 6. The third kappa shape index (κ3) is 3.97. The summed E-state index contributed by atoms with van der Waals surface area (Å²) in [7, 11) is -4.81. The van der Waals surface area contributed by atoms with Crippen molar-refractivity contribution in [2.75, 3.05) is 22.8 Å². The number of hydroxylamine groups is 1. The maximum atomic E-state index is 13.7. The molecule has 194 valence electrons. The smallest absolute Gasteiger partial charge is 0.326 e. The number of amides is 2. The number of anilines is 2. The van der Waals surface area contributed by atoms with Crippen LogP contribution in [0.15, 0.2) is 10.6 Å². The Kier molecular flexibility index (Phi) is 5.96. The second-order valence-corrected chi connectivity index (χ2v) is 11.9. The molecule has 1 N–H and O–H groups in total. The molecule has 36 heavy (non-hydrogen) atoms. The van der Waals surface area contributed by atoms with Gasteiger partial charge in [0, 0.05) is 30.4 Å². The Hall–Kier alpha value is -2.63. The molecule has 0 bridgehead atoms. The number of hydrogen-bond acceptors (Lipinski definition) is 7. The van der Waals surface area contributed by atoms with Crippen molar-refractivity contribution in [3.63, 3.8) is 0 Å². The Morgan fingerprint density at radius 1 is 1.06 bits per heavy atom. The molecule has 2 fully saturated rings. The van der Waals surface area contributed by atoms with Gasteiger partial charge in [0.1, 0.15) is 0 Å². The van der Waals surface area contributed by atoms with E-state index in [9.17, 15) is 18.4 Å². The number of carbonyl (C=O) groups excluding carboxylic acids is 1. The highest BCUT2D eigenvalue weighted by atomic mass is 32.2. The van der Waals surface area contributed by atoms with E-state index in [2.05, 4.69) is 16.5 Å². The second kappa shape index (κ2) is 9.04. The Bertz CT molecular complexity index is 1260. The molecule has 10 nitrogen and oxygen atoms in total. The molecule has 1 aromatic carbocycles. The van der Waals surface area contributed by atoms with Crippen molar-refractivity contribution in [2.24, 2.45) is 0 Å². The predicted octanol–water partition coefficient (Wildman–Crippen LogP) is 4.10. The first-order valence-corrected chi connectivity index (χ1v) is 14.3. The summed E-state index contributed by atoms with van der Waals surface area (Å²) in [5, 5.41) is 20.1. The fraction of sp³-hybridized carbons (Fsp3) is 0.600. The molecule has 3 aliphatic carbocycles. The normalized spacial score (nSPS) is 19.7. The number of nitrogens with zero attached hydrogens (tertiary/aromatic N) is 3. The van der Waals surface area contributed by atoms with Crippen molar-refractivity contribution < 1.29 is 22.5 Å². The Labute approximate surface area is 210 Å². The lowest BCUT2D eigenvalue weighted by Gasteiger charge is -2.38. The highest BCUT2D eigenvalue weighted by Crippen LogP contribution is 2.44. The molecule has 4 aliphatic rings. The van der Waals surface area contributed by atoms with Crippen molar-refractivity contribution in [3.8, 4) is 0 Å². The number of carbonyl (C=O) groups is 1. The molecule has 1 saturated heterocycles. The lowest BCUT2D eigenvalue weighted by molar-refractivity contribution is 0.0866. The number of nitrogens with one attached hydrogen (secondary N) is 1. The molecule has 11 heteroatoms. The standard InChI is InChI=1S/C25H31N4O6S/c1-15-22(16-8-9-16)27-35-24(15)28(19-10-12-34-13-11-19)36(32,33)29(31)25(30)26-23-20-6-2-4-17(20)14-18-5-3-7-21(18)23/h14,16,19H,2-13H2,1H3,(H,26,30)/q-1. The van der Waals surface area contributed by atoms with Gasteiger partial charge in [-0.3, -0.25) is 4.47 Å². The van der Waals surface area contributed by atoms with E-state index in [1.807, 2.05) is 0 Å². The molecule has 0 unspecified atom stereocenters. The summed E-state index contributed by atoms with van der Waals surface area (Å²) in [6.45, 7) is 2.46. The first-order valence-electron chi connectivity index (χ1n) is 12.9. The SMILES string of the molecule is Cc1c(C2CC2)noc1N(C1CCOCC1)S(=O)(=O)N([O-])C(=O)Nc1c2c(cc3c1CCC3)CCC2. The highest BCUT2D eigenvalue weighted by molar-refractivity contribution is 7.91. The summed E-state index contributed by atoms with van der Waals surface area (Å²) in [5.41, 5.74) is 6.35. The number of benzene rings is 1. The first kappa shape index (κ1) is 23.7. The van der Waals surface area contributed by atoms with E-state index >= 15 is 0 Å². The van der Waals surface area contributed by atoms with E-state index in [4.69, 9.17) is 9.26 Å². The summed E-state index contributed by atoms with van der Waals surface area (Å²) in [6, 6.07) is 0.432. The monoisotopic (exact) mass is 515 g/mol. The summed E-state index contributed by atoms with van der Waals surface area (Å²) >= 11 is 0. The van der Waals surface area contributed by atoms with E-state index in [-0.39, 0.29) is 11.8 Å². The summed E-state index contributed by atoms with van der Waals surface area (Å²) in [4.78, 5) is 13.2. The van der Waals surface area contributed by atoms with Crippen LogP contribution < -0.4 is 9.62 Å². The highest BCUT2D eigenvalue weighted by Gasteiger charge is 2.41. The number of aryl methyl sites for hydroxylation is 2. The average molecular weight is 516 g/mol. The summed E-state index contributed by atoms with van der Waals surface area (Å²) < 4.78 is 38.9. The fourth-order valence-corrected chi connectivity index (χ4v) is 7.35. The van der Waals surface area contributed by atoms with Crippen LogP contribution in [0, 0.1) is 12.1 Å². The molecular formula is C25H31N4O6S-. The van der Waals surface area contributed by atoms with Gasteiger partial charge >= 0.3 is 16.2 Å². The van der Waals surface area contributed by atoms with Crippen molar-refractivity contribution in [2.45, 2.75) is 83.1 Å². The summed E-state index contributed by atoms with van der Waals surface area (Å²) in [5.74, 6) is 0.259.